The number of nitrogens with two attached hydrogens (primary N) is 1. The third kappa shape index (κ3) is 6.21. The number of anilines is 1. The number of nitrogens with zero attached hydrogens (tertiary/aromatic N) is 1. The molecule has 0 amide bonds. The first kappa shape index (κ1) is 20.1. The second kappa shape index (κ2) is 10.0. The Morgan fingerprint density at radius 2 is 2.00 bits per heavy atom. The second-order valence-electron chi connectivity index (χ2n) is 5.91. The maximum Gasteiger partial charge on any atom is 0.137 e. The van der Waals surface area contributed by atoms with Gasteiger partial charge in [-0.2, -0.15) is 0 Å². The molecule has 2 N–H and O–H groups in total. The van der Waals surface area contributed by atoms with Crippen molar-refractivity contribution in [2.75, 3.05) is 32.5 Å². The maximum absolute atomic E-state index is 12.2. The van der Waals surface area contributed by atoms with Crippen molar-refractivity contribution in [3.8, 4) is 5.75 Å². The summed E-state index contributed by atoms with van der Waals surface area (Å²) in [5.41, 5.74) is 7.04. The lowest BCUT2D eigenvalue weighted by Crippen LogP contribution is -2.30. The molecule has 1 aromatic rings. The summed E-state index contributed by atoms with van der Waals surface area (Å²) >= 11 is 6.03. The Morgan fingerprint density at radius 3 is 2.65 bits per heavy atom. The zero-order valence-corrected chi connectivity index (χ0v) is 15.2. The zero-order chi connectivity index (χ0) is 15.9. The number of halogens is 2. The number of rotatable bonds is 7. The van der Waals surface area contributed by atoms with Crippen LogP contribution in [0.3, 0.4) is 0 Å². The molecule has 1 heterocycles. The van der Waals surface area contributed by atoms with Crippen molar-refractivity contribution in [3.05, 3.63) is 22.7 Å². The molecule has 0 radical (unpaired) electrons. The molecule has 1 aliphatic heterocycles. The van der Waals surface area contributed by atoms with Crippen LogP contribution in [0, 0.1) is 0 Å². The van der Waals surface area contributed by atoms with Gasteiger partial charge in [0.1, 0.15) is 11.5 Å². The van der Waals surface area contributed by atoms with Gasteiger partial charge in [0.05, 0.1) is 17.8 Å². The van der Waals surface area contributed by atoms with Gasteiger partial charge in [-0.1, -0.05) is 18.0 Å². The highest BCUT2D eigenvalue weighted by atomic mass is 35.5. The van der Waals surface area contributed by atoms with Gasteiger partial charge in [-0.15, -0.1) is 12.4 Å². The third-order valence-electron chi connectivity index (χ3n) is 4.17. The number of nitrogen functional groups attached to an aromatic ring is 1. The summed E-state index contributed by atoms with van der Waals surface area (Å²) < 4.78 is 5.28. The predicted octanol–water partition coefficient (Wildman–Crippen LogP) is 3.73. The Kier molecular flexibility index (Phi) is 8.74. The van der Waals surface area contributed by atoms with Crippen molar-refractivity contribution in [1.82, 2.24) is 4.90 Å². The van der Waals surface area contributed by atoms with Crippen LogP contribution in [0.25, 0.3) is 0 Å². The van der Waals surface area contributed by atoms with Crippen molar-refractivity contribution in [2.45, 2.75) is 38.5 Å². The van der Waals surface area contributed by atoms with E-state index in [-0.39, 0.29) is 18.2 Å². The van der Waals surface area contributed by atoms with Crippen LogP contribution in [0.1, 0.15) is 37.7 Å². The Labute approximate surface area is 149 Å². The minimum Gasteiger partial charge on any atom is -0.496 e. The molecule has 6 heteroatoms. The SMILES string of the molecule is COc1cc(N)c(Cl)cc1CC(=O)CCCN1CCCCC1.Cl. The lowest BCUT2D eigenvalue weighted by Gasteiger charge is -2.26. The van der Waals surface area contributed by atoms with E-state index < -0.39 is 0 Å². The quantitative estimate of drug-likeness (QED) is 0.752. The predicted molar refractivity (Wildman–Crippen MR) is 97.9 cm³/mol. The molecule has 0 atom stereocenters. The lowest BCUT2D eigenvalue weighted by molar-refractivity contribution is -0.118. The number of carbonyl (C=O) groups excluding carboxylic acids is 1. The molecule has 0 unspecified atom stereocenters. The fraction of sp³-hybridized carbons (Fsp3) is 0.588. The van der Waals surface area contributed by atoms with Gasteiger partial charge in [-0.25, -0.2) is 0 Å². The highest BCUT2D eigenvalue weighted by Gasteiger charge is 2.13. The van der Waals surface area contributed by atoms with E-state index in [1.807, 2.05) is 0 Å². The molecule has 130 valence electrons. The number of ketones is 1. The first-order valence-corrected chi connectivity index (χ1v) is 8.34. The Hall–Kier alpha value is -0.970. The van der Waals surface area contributed by atoms with Gasteiger partial charge in [0.15, 0.2) is 0 Å². The number of hydrogen-bond donors (Lipinski definition) is 1. The van der Waals surface area contributed by atoms with E-state index >= 15 is 0 Å². The fourth-order valence-electron chi connectivity index (χ4n) is 2.92. The van der Waals surface area contributed by atoms with Gasteiger partial charge < -0.3 is 15.4 Å². The average Bonchev–Trinajstić information content (AvgIpc) is 2.51. The van der Waals surface area contributed by atoms with Crippen molar-refractivity contribution in [3.63, 3.8) is 0 Å². The zero-order valence-electron chi connectivity index (χ0n) is 13.6. The molecule has 0 aromatic heterocycles. The standard InChI is InChI=1S/C17H25ClN2O2.ClH/c1-22-17-12-16(19)15(18)11-13(17)10-14(21)6-5-9-20-7-3-2-4-8-20;/h11-12H,2-10,19H2,1H3;1H. The third-order valence-corrected chi connectivity index (χ3v) is 4.49. The smallest absolute Gasteiger partial charge is 0.137 e. The summed E-state index contributed by atoms with van der Waals surface area (Å²) in [6.07, 6.45) is 5.78. The second-order valence-corrected chi connectivity index (χ2v) is 6.31. The first-order chi connectivity index (χ1) is 10.6. The van der Waals surface area contributed by atoms with Crippen molar-refractivity contribution in [1.29, 1.82) is 0 Å². The van der Waals surface area contributed by atoms with Crippen molar-refractivity contribution >= 4 is 35.5 Å². The van der Waals surface area contributed by atoms with E-state index in [2.05, 4.69) is 4.90 Å². The number of ether oxygens (including phenoxy) is 1. The fourth-order valence-corrected chi connectivity index (χ4v) is 3.11. The molecule has 2 rings (SSSR count). The van der Waals surface area contributed by atoms with Gasteiger partial charge in [0, 0.05) is 24.5 Å². The summed E-state index contributed by atoms with van der Waals surface area (Å²) in [5, 5.41) is 0.469. The van der Waals surface area contributed by atoms with Crippen molar-refractivity contribution < 1.29 is 9.53 Å². The van der Waals surface area contributed by atoms with Gasteiger partial charge >= 0.3 is 0 Å². The molecular formula is C17H26Cl2N2O2. The van der Waals surface area contributed by atoms with Crippen LogP contribution >= 0.6 is 24.0 Å². The van der Waals surface area contributed by atoms with Gasteiger partial charge in [-0.05, 0) is 45.0 Å². The van der Waals surface area contributed by atoms with Crippen LogP contribution in [0.15, 0.2) is 12.1 Å². The highest BCUT2D eigenvalue weighted by Crippen LogP contribution is 2.29. The molecule has 1 fully saturated rings. The molecule has 1 saturated heterocycles. The first-order valence-electron chi connectivity index (χ1n) is 7.96. The van der Waals surface area contributed by atoms with E-state index in [4.69, 9.17) is 22.1 Å². The molecular weight excluding hydrogens is 335 g/mol. The summed E-state index contributed by atoms with van der Waals surface area (Å²) in [5.74, 6) is 0.849. The van der Waals surface area contributed by atoms with Crippen LogP contribution in [-0.4, -0.2) is 37.4 Å². The minimum atomic E-state index is 0. The monoisotopic (exact) mass is 360 g/mol. The van der Waals surface area contributed by atoms with Crippen LogP contribution in [-0.2, 0) is 11.2 Å². The number of likely N-dealkylation sites (tertiary alicyclic amines) is 1. The largest absolute Gasteiger partial charge is 0.496 e. The molecule has 4 nitrogen and oxygen atoms in total. The number of methoxy groups -OCH3 is 1. The van der Waals surface area contributed by atoms with Crippen LogP contribution in [0.5, 0.6) is 5.75 Å². The Morgan fingerprint density at radius 1 is 1.30 bits per heavy atom. The van der Waals surface area contributed by atoms with Crippen LogP contribution < -0.4 is 10.5 Å². The normalized spacial score (nSPS) is 15.0. The van der Waals surface area contributed by atoms with E-state index in [9.17, 15) is 4.79 Å². The van der Waals surface area contributed by atoms with Crippen LogP contribution in [0.2, 0.25) is 5.02 Å². The number of Topliss-reactive ketones (excluding diaryl/α,β-unsaturated/α-hetero) is 1. The lowest BCUT2D eigenvalue weighted by atomic mass is 10.0. The number of benzene rings is 1. The molecule has 23 heavy (non-hydrogen) atoms. The average molecular weight is 361 g/mol. The summed E-state index contributed by atoms with van der Waals surface area (Å²) in [6.45, 7) is 3.37. The molecule has 0 bridgehead atoms. The summed E-state index contributed by atoms with van der Waals surface area (Å²) in [7, 11) is 1.58. The van der Waals surface area contributed by atoms with Gasteiger partial charge in [0.2, 0.25) is 0 Å². The van der Waals surface area contributed by atoms with E-state index in [0.717, 1.165) is 18.5 Å². The molecule has 1 aliphatic rings. The van der Waals surface area contributed by atoms with E-state index in [0.29, 0.717) is 29.3 Å². The molecule has 0 aliphatic carbocycles. The maximum atomic E-state index is 12.2. The number of hydrogen-bond acceptors (Lipinski definition) is 4. The van der Waals surface area contributed by atoms with Crippen LogP contribution in [0.4, 0.5) is 5.69 Å². The van der Waals surface area contributed by atoms with Crippen molar-refractivity contribution in [2.24, 2.45) is 0 Å². The Bertz CT molecular complexity index is 518. The van der Waals surface area contributed by atoms with E-state index in [1.165, 1.54) is 32.4 Å². The van der Waals surface area contributed by atoms with Gasteiger partial charge in [0.25, 0.3) is 0 Å². The van der Waals surface area contributed by atoms with E-state index in [1.54, 1.807) is 19.2 Å². The number of piperidine rings is 1. The summed E-state index contributed by atoms with van der Waals surface area (Å²) in [6, 6.07) is 3.41. The van der Waals surface area contributed by atoms with Gasteiger partial charge in [-0.3, -0.25) is 4.79 Å². The molecule has 0 spiro atoms. The Balaban J connectivity index is 0.00000264. The molecule has 0 saturated carbocycles. The number of carbonyl (C=O) groups is 1. The minimum absolute atomic E-state index is 0. The highest BCUT2D eigenvalue weighted by molar-refractivity contribution is 6.33. The summed E-state index contributed by atoms with van der Waals surface area (Å²) in [4.78, 5) is 14.6. The topological polar surface area (TPSA) is 55.6 Å². The molecule has 1 aromatic carbocycles.